The van der Waals surface area contributed by atoms with Gasteiger partial charge in [0.05, 0.1) is 11.7 Å². The highest BCUT2D eigenvalue weighted by Crippen LogP contribution is 2.27. The van der Waals surface area contributed by atoms with Crippen LogP contribution >= 0.6 is 15.9 Å². The van der Waals surface area contributed by atoms with E-state index in [1.807, 2.05) is 24.9 Å². The average molecular weight is 337 g/mol. The van der Waals surface area contributed by atoms with E-state index in [4.69, 9.17) is 5.73 Å². The Hall–Kier alpha value is -1.33. The summed E-state index contributed by atoms with van der Waals surface area (Å²) in [7, 11) is 1.93. The summed E-state index contributed by atoms with van der Waals surface area (Å²) in [6.07, 6.45) is 2.03. The first-order valence-corrected chi connectivity index (χ1v) is 7.45. The predicted molar refractivity (Wildman–Crippen MR) is 87.0 cm³/mol. The van der Waals surface area contributed by atoms with Crippen LogP contribution in [0, 0.1) is 20.8 Å². The van der Waals surface area contributed by atoms with E-state index in [9.17, 15) is 0 Å². The van der Waals surface area contributed by atoms with Crippen molar-refractivity contribution in [3.8, 4) is 0 Å². The van der Waals surface area contributed by atoms with Gasteiger partial charge < -0.3 is 11.1 Å². The van der Waals surface area contributed by atoms with Crippen molar-refractivity contribution < 1.29 is 0 Å². The maximum Gasteiger partial charge on any atom is 0.0669 e. The molecule has 2 rings (SSSR count). The van der Waals surface area contributed by atoms with E-state index >= 15 is 0 Å². The molecule has 4 nitrogen and oxygen atoms in total. The molecule has 0 aliphatic carbocycles. The number of anilines is 1. The maximum atomic E-state index is 5.93. The number of nitrogens with zero attached hydrogens (tertiary/aromatic N) is 2. The lowest BCUT2D eigenvalue weighted by Gasteiger charge is -2.19. The van der Waals surface area contributed by atoms with Crippen molar-refractivity contribution in [1.82, 2.24) is 9.78 Å². The van der Waals surface area contributed by atoms with Crippen molar-refractivity contribution in [2.75, 3.05) is 11.9 Å². The fourth-order valence-corrected chi connectivity index (χ4v) is 2.68. The Bertz CT molecular complexity index is 595. The average Bonchev–Trinajstić information content (AvgIpc) is 2.72. The topological polar surface area (TPSA) is 55.9 Å². The maximum absolute atomic E-state index is 5.93. The molecule has 1 unspecified atom stereocenters. The molecule has 5 heteroatoms. The smallest absolute Gasteiger partial charge is 0.0669 e. The molecule has 1 aromatic carbocycles. The van der Waals surface area contributed by atoms with Crippen molar-refractivity contribution in [2.24, 2.45) is 12.8 Å². The number of benzene rings is 1. The van der Waals surface area contributed by atoms with Gasteiger partial charge in [0.1, 0.15) is 0 Å². The minimum Gasteiger partial charge on any atom is -0.377 e. The quantitative estimate of drug-likeness (QED) is 0.901. The fourth-order valence-electron chi connectivity index (χ4n) is 2.45. The summed E-state index contributed by atoms with van der Waals surface area (Å²) < 4.78 is 2.98. The molecule has 0 bridgehead atoms. The van der Waals surface area contributed by atoms with Crippen molar-refractivity contribution in [2.45, 2.75) is 26.8 Å². The van der Waals surface area contributed by atoms with Crippen LogP contribution < -0.4 is 11.1 Å². The molecule has 0 saturated heterocycles. The van der Waals surface area contributed by atoms with Crippen LogP contribution in [0.1, 0.15) is 28.4 Å². The number of rotatable bonds is 4. The van der Waals surface area contributed by atoms with Crippen LogP contribution in [0.15, 0.2) is 22.8 Å². The molecule has 1 aromatic heterocycles. The Balaban J connectivity index is 2.29. The molecule has 0 radical (unpaired) electrons. The molecule has 2 aromatic rings. The van der Waals surface area contributed by atoms with Gasteiger partial charge in [0.15, 0.2) is 0 Å². The zero-order valence-electron chi connectivity index (χ0n) is 12.4. The minimum atomic E-state index is 0.0728. The predicted octanol–water partition coefficient (Wildman–Crippen LogP) is 3.22. The highest BCUT2D eigenvalue weighted by Gasteiger charge is 2.15. The Kier molecular flexibility index (Phi) is 4.50. The molecule has 0 spiro atoms. The molecule has 0 saturated carbocycles. The molecule has 0 aliphatic heterocycles. The molecule has 0 amide bonds. The van der Waals surface area contributed by atoms with E-state index in [1.165, 1.54) is 11.1 Å². The van der Waals surface area contributed by atoms with Gasteiger partial charge in [0, 0.05) is 35.5 Å². The standard InChI is InChI=1S/C15H21BrN4/c1-9-5-12(6-10(2)15(9)16)18-14(7-17)13-8-20(4)19-11(13)3/h5-6,8,14,18H,7,17H2,1-4H3. The summed E-state index contributed by atoms with van der Waals surface area (Å²) in [6.45, 7) is 6.72. The normalized spacial score (nSPS) is 12.5. The van der Waals surface area contributed by atoms with E-state index in [2.05, 4.69) is 52.3 Å². The highest BCUT2D eigenvalue weighted by atomic mass is 79.9. The van der Waals surface area contributed by atoms with Gasteiger partial charge in [-0.1, -0.05) is 15.9 Å². The van der Waals surface area contributed by atoms with Crippen molar-refractivity contribution in [3.63, 3.8) is 0 Å². The summed E-state index contributed by atoms with van der Waals surface area (Å²) in [4.78, 5) is 0. The SMILES string of the molecule is Cc1cc(NC(CN)c2cn(C)nc2C)cc(C)c1Br. The van der Waals surface area contributed by atoms with Gasteiger partial charge in [-0.2, -0.15) is 5.10 Å². The van der Waals surface area contributed by atoms with Gasteiger partial charge in [0.2, 0.25) is 0 Å². The molecular formula is C15H21BrN4. The summed E-state index contributed by atoms with van der Waals surface area (Å²) in [5.41, 5.74) is 11.6. The van der Waals surface area contributed by atoms with E-state index < -0.39 is 0 Å². The third kappa shape index (κ3) is 3.04. The first-order chi connectivity index (χ1) is 9.42. The second-order valence-electron chi connectivity index (χ2n) is 5.20. The number of hydrogen-bond acceptors (Lipinski definition) is 3. The third-order valence-electron chi connectivity index (χ3n) is 3.44. The number of hydrogen-bond donors (Lipinski definition) is 2. The first kappa shape index (κ1) is 15.1. The zero-order valence-corrected chi connectivity index (χ0v) is 14.0. The van der Waals surface area contributed by atoms with Crippen LogP contribution in [0.3, 0.4) is 0 Å². The van der Waals surface area contributed by atoms with Gasteiger partial charge in [0.25, 0.3) is 0 Å². The molecule has 1 atom stereocenters. The molecule has 0 aliphatic rings. The van der Waals surface area contributed by atoms with Crippen molar-refractivity contribution in [3.05, 3.63) is 45.2 Å². The van der Waals surface area contributed by atoms with Crippen LogP contribution in [-0.2, 0) is 7.05 Å². The van der Waals surface area contributed by atoms with Gasteiger partial charge in [-0.05, 0) is 44.0 Å². The number of halogens is 1. The monoisotopic (exact) mass is 336 g/mol. The number of aromatic nitrogens is 2. The van der Waals surface area contributed by atoms with Crippen molar-refractivity contribution in [1.29, 1.82) is 0 Å². The zero-order chi connectivity index (χ0) is 14.9. The Morgan fingerprint density at radius 3 is 2.35 bits per heavy atom. The molecule has 0 fully saturated rings. The van der Waals surface area contributed by atoms with Gasteiger partial charge in [-0.15, -0.1) is 0 Å². The lowest BCUT2D eigenvalue weighted by Crippen LogP contribution is -2.21. The second-order valence-corrected chi connectivity index (χ2v) is 5.99. The molecule has 1 heterocycles. The van der Waals surface area contributed by atoms with E-state index in [1.54, 1.807) is 0 Å². The number of nitrogens with two attached hydrogens (primary N) is 1. The summed E-state index contributed by atoms with van der Waals surface area (Å²) >= 11 is 3.59. The highest BCUT2D eigenvalue weighted by molar-refractivity contribution is 9.10. The molecular weight excluding hydrogens is 316 g/mol. The van der Waals surface area contributed by atoms with E-state index in [-0.39, 0.29) is 6.04 Å². The lowest BCUT2D eigenvalue weighted by atomic mass is 10.1. The van der Waals surface area contributed by atoms with E-state index in [0.717, 1.165) is 21.4 Å². The summed E-state index contributed by atoms with van der Waals surface area (Å²) in [5, 5.41) is 7.89. The summed E-state index contributed by atoms with van der Waals surface area (Å²) in [6, 6.07) is 4.33. The van der Waals surface area contributed by atoms with Crippen molar-refractivity contribution >= 4 is 21.6 Å². The third-order valence-corrected chi connectivity index (χ3v) is 4.69. The Morgan fingerprint density at radius 2 is 1.90 bits per heavy atom. The number of nitrogens with one attached hydrogen (secondary N) is 1. The Labute approximate surface area is 128 Å². The van der Waals surface area contributed by atoms with Gasteiger partial charge >= 0.3 is 0 Å². The summed E-state index contributed by atoms with van der Waals surface area (Å²) in [5.74, 6) is 0. The fraction of sp³-hybridized carbons (Fsp3) is 0.400. The van der Waals surface area contributed by atoms with Crippen LogP contribution in [0.4, 0.5) is 5.69 Å². The van der Waals surface area contributed by atoms with Crippen LogP contribution in [0.25, 0.3) is 0 Å². The largest absolute Gasteiger partial charge is 0.377 e. The van der Waals surface area contributed by atoms with E-state index in [0.29, 0.717) is 6.54 Å². The van der Waals surface area contributed by atoms with Crippen LogP contribution in [0.5, 0.6) is 0 Å². The molecule has 20 heavy (non-hydrogen) atoms. The van der Waals surface area contributed by atoms with Crippen LogP contribution in [0.2, 0.25) is 0 Å². The van der Waals surface area contributed by atoms with Crippen LogP contribution in [-0.4, -0.2) is 16.3 Å². The second kappa shape index (κ2) is 5.97. The van der Waals surface area contributed by atoms with Gasteiger partial charge in [-0.25, -0.2) is 0 Å². The first-order valence-electron chi connectivity index (χ1n) is 6.66. The minimum absolute atomic E-state index is 0.0728. The molecule has 108 valence electrons. The number of aryl methyl sites for hydroxylation is 4. The van der Waals surface area contributed by atoms with Gasteiger partial charge in [-0.3, -0.25) is 4.68 Å². The lowest BCUT2D eigenvalue weighted by molar-refractivity contribution is 0.754. The molecule has 3 N–H and O–H groups in total. The Morgan fingerprint density at radius 1 is 1.30 bits per heavy atom.